The molecule has 2 aliphatic rings. The maximum absolute atomic E-state index is 8.71. The SMILES string of the molecule is C(OCC1CO1)C1CO1.CCCCCCCCCCCCC/C=C\CCCCCCCCO. The van der Waals surface area contributed by atoms with Crippen molar-refractivity contribution in [3.8, 4) is 0 Å². The van der Waals surface area contributed by atoms with E-state index >= 15 is 0 Å². The van der Waals surface area contributed by atoms with Crippen molar-refractivity contribution in [2.24, 2.45) is 0 Å². The lowest BCUT2D eigenvalue weighted by atomic mass is 10.0. The zero-order valence-corrected chi connectivity index (χ0v) is 22.0. The highest BCUT2D eigenvalue weighted by molar-refractivity contribution is 4.81. The molecule has 2 aliphatic heterocycles. The summed E-state index contributed by atoms with van der Waals surface area (Å²) in [5, 5.41) is 8.71. The molecule has 2 saturated heterocycles. The molecule has 2 rings (SSSR count). The highest BCUT2D eigenvalue weighted by atomic mass is 16.6. The lowest BCUT2D eigenvalue weighted by Crippen LogP contribution is -2.06. The van der Waals surface area contributed by atoms with Crippen molar-refractivity contribution in [3.05, 3.63) is 12.2 Å². The average Bonchev–Trinajstić information content (AvgIpc) is 3.75. The minimum absolute atomic E-state index is 0.363. The molecule has 0 radical (unpaired) electrons. The first-order valence-corrected chi connectivity index (χ1v) is 14.4. The normalized spacial score (nSPS) is 19.0. The molecule has 196 valence electrons. The Morgan fingerprint density at radius 2 is 0.970 bits per heavy atom. The van der Waals surface area contributed by atoms with Crippen LogP contribution in [0.25, 0.3) is 0 Å². The van der Waals surface area contributed by atoms with E-state index in [2.05, 4.69) is 19.1 Å². The molecule has 4 heteroatoms. The Labute approximate surface area is 205 Å². The lowest BCUT2D eigenvalue weighted by molar-refractivity contribution is 0.102. The van der Waals surface area contributed by atoms with Crippen LogP contribution in [-0.4, -0.2) is 50.3 Å². The van der Waals surface area contributed by atoms with Gasteiger partial charge in [0.05, 0.1) is 26.4 Å². The van der Waals surface area contributed by atoms with E-state index in [-0.39, 0.29) is 0 Å². The van der Waals surface area contributed by atoms with E-state index < -0.39 is 0 Å². The second-order valence-corrected chi connectivity index (χ2v) is 9.88. The van der Waals surface area contributed by atoms with Crippen LogP contribution in [0.5, 0.6) is 0 Å². The Balaban J connectivity index is 0.000000490. The van der Waals surface area contributed by atoms with Crippen molar-refractivity contribution in [1.82, 2.24) is 0 Å². The van der Waals surface area contributed by atoms with Crippen LogP contribution in [0.1, 0.15) is 129 Å². The highest BCUT2D eigenvalue weighted by Crippen LogP contribution is 2.13. The van der Waals surface area contributed by atoms with Gasteiger partial charge in [-0.15, -0.1) is 0 Å². The molecule has 4 nitrogen and oxygen atoms in total. The van der Waals surface area contributed by atoms with Gasteiger partial charge in [-0.1, -0.05) is 109 Å². The quantitative estimate of drug-likeness (QED) is 0.0893. The molecule has 0 aromatic carbocycles. The summed E-state index contributed by atoms with van der Waals surface area (Å²) in [6.45, 7) is 5.91. The summed E-state index contributed by atoms with van der Waals surface area (Å²) in [4.78, 5) is 0. The fourth-order valence-electron chi connectivity index (χ4n) is 3.90. The average molecular weight is 469 g/mol. The van der Waals surface area contributed by atoms with E-state index in [1.165, 1.54) is 116 Å². The number of hydrogen-bond donors (Lipinski definition) is 1. The Morgan fingerprint density at radius 1 is 0.606 bits per heavy atom. The Morgan fingerprint density at radius 3 is 1.33 bits per heavy atom. The van der Waals surface area contributed by atoms with Gasteiger partial charge in [0.1, 0.15) is 12.2 Å². The Kier molecular flexibility index (Phi) is 22.9. The number of allylic oxidation sites excluding steroid dienone is 2. The van der Waals surface area contributed by atoms with Crippen LogP contribution < -0.4 is 0 Å². The van der Waals surface area contributed by atoms with Gasteiger partial charge in [-0.3, -0.25) is 0 Å². The molecule has 2 atom stereocenters. The molecular formula is C29H56O4. The van der Waals surface area contributed by atoms with E-state index in [0.29, 0.717) is 18.8 Å². The monoisotopic (exact) mass is 468 g/mol. The van der Waals surface area contributed by atoms with Gasteiger partial charge in [0.2, 0.25) is 0 Å². The van der Waals surface area contributed by atoms with Crippen LogP contribution in [0.3, 0.4) is 0 Å². The molecular weight excluding hydrogens is 412 g/mol. The van der Waals surface area contributed by atoms with Crippen molar-refractivity contribution in [3.63, 3.8) is 0 Å². The summed E-state index contributed by atoms with van der Waals surface area (Å²) in [5.41, 5.74) is 0. The first-order valence-electron chi connectivity index (χ1n) is 14.4. The second kappa shape index (κ2) is 24.7. The van der Waals surface area contributed by atoms with Crippen molar-refractivity contribution >= 4 is 0 Å². The van der Waals surface area contributed by atoms with Gasteiger partial charge in [-0.25, -0.2) is 0 Å². The van der Waals surface area contributed by atoms with Crippen LogP contribution in [-0.2, 0) is 14.2 Å². The Hall–Kier alpha value is -0.420. The summed E-state index contributed by atoms with van der Waals surface area (Å²) in [5.74, 6) is 0. The maximum Gasteiger partial charge on any atom is 0.104 e. The topological polar surface area (TPSA) is 54.5 Å². The first kappa shape index (κ1) is 30.6. The van der Waals surface area contributed by atoms with Gasteiger partial charge in [0.25, 0.3) is 0 Å². The number of aliphatic hydroxyl groups excluding tert-OH is 1. The van der Waals surface area contributed by atoms with Gasteiger partial charge in [-0.2, -0.15) is 0 Å². The molecule has 1 N–H and O–H groups in total. The third kappa shape index (κ3) is 26.0. The molecule has 0 saturated carbocycles. The zero-order valence-electron chi connectivity index (χ0n) is 22.0. The van der Waals surface area contributed by atoms with Crippen LogP contribution >= 0.6 is 0 Å². The summed E-state index contributed by atoms with van der Waals surface area (Å²) >= 11 is 0. The molecule has 33 heavy (non-hydrogen) atoms. The van der Waals surface area contributed by atoms with Gasteiger partial charge in [0.15, 0.2) is 0 Å². The van der Waals surface area contributed by atoms with E-state index in [9.17, 15) is 0 Å². The smallest absolute Gasteiger partial charge is 0.104 e. The first-order chi connectivity index (χ1) is 16.4. The van der Waals surface area contributed by atoms with E-state index in [1.807, 2.05) is 0 Å². The minimum Gasteiger partial charge on any atom is -0.396 e. The standard InChI is InChI=1S/C23H46O.C6H10O3/c1-2-3-4-5-6-7-8-9-10-11-12-13-14-15-16-17-18-19-20-21-22-23-24;1(5-3-8-5)7-2-6-4-9-6/h14-15,24H,2-13,16-23H2,1H3;5-6H,1-4H2/b15-14-;. The highest BCUT2D eigenvalue weighted by Gasteiger charge is 2.26. The fraction of sp³-hybridized carbons (Fsp3) is 0.931. The number of aliphatic hydroxyl groups is 1. The predicted molar refractivity (Wildman–Crippen MR) is 140 cm³/mol. The third-order valence-electron chi connectivity index (χ3n) is 6.33. The number of ether oxygens (including phenoxy) is 3. The molecule has 0 bridgehead atoms. The van der Waals surface area contributed by atoms with Crippen molar-refractivity contribution in [2.75, 3.05) is 33.0 Å². The van der Waals surface area contributed by atoms with Gasteiger partial charge < -0.3 is 19.3 Å². The van der Waals surface area contributed by atoms with E-state index in [0.717, 1.165) is 32.8 Å². The zero-order chi connectivity index (χ0) is 23.7. The number of unbranched alkanes of at least 4 members (excludes halogenated alkanes) is 17. The number of hydrogen-bond acceptors (Lipinski definition) is 4. The van der Waals surface area contributed by atoms with Gasteiger partial charge >= 0.3 is 0 Å². The molecule has 0 spiro atoms. The molecule has 0 aromatic rings. The summed E-state index contributed by atoms with van der Waals surface area (Å²) in [6, 6.07) is 0. The summed E-state index contributed by atoms with van der Waals surface area (Å²) in [7, 11) is 0. The van der Waals surface area contributed by atoms with Crippen molar-refractivity contribution < 1.29 is 19.3 Å². The second-order valence-electron chi connectivity index (χ2n) is 9.88. The molecule has 2 heterocycles. The predicted octanol–water partition coefficient (Wildman–Crippen LogP) is 7.77. The molecule has 0 aromatic heterocycles. The molecule has 2 fully saturated rings. The van der Waals surface area contributed by atoms with Gasteiger partial charge in [-0.05, 0) is 32.1 Å². The minimum atomic E-state index is 0.363. The van der Waals surface area contributed by atoms with Crippen LogP contribution in [0.4, 0.5) is 0 Å². The van der Waals surface area contributed by atoms with Crippen LogP contribution in [0.2, 0.25) is 0 Å². The Bertz CT molecular complexity index is 392. The molecule has 0 amide bonds. The fourth-order valence-corrected chi connectivity index (χ4v) is 3.90. The van der Waals surface area contributed by atoms with Crippen molar-refractivity contribution in [2.45, 2.75) is 141 Å². The molecule has 0 aliphatic carbocycles. The van der Waals surface area contributed by atoms with E-state index in [4.69, 9.17) is 19.3 Å². The van der Waals surface area contributed by atoms with Crippen LogP contribution in [0.15, 0.2) is 12.2 Å². The molecule has 2 unspecified atom stereocenters. The number of rotatable bonds is 24. The third-order valence-corrected chi connectivity index (χ3v) is 6.33. The van der Waals surface area contributed by atoms with E-state index in [1.54, 1.807) is 0 Å². The van der Waals surface area contributed by atoms with Gasteiger partial charge in [0, 0.05) is 6.61 Å². The summed E-state index contributed by atoms with van der Waals surface area (Å²) < 4.78 is 15.1. The number of epoxide rings is 2. The largest absolute Gasteiger partial charge is 0.396 e. The lowest BCUT2D eigenvalue weighted by Gasteiger charge is -2.01. The summed E-state index contributed by atoms with van der Waals surface area (Å²) in [6.07, 6.45) is 31.4. The van der Waals surface area contributed by atoms with Crippen molar-refractivity contribution in [1.29, 1.82) is 0 Å². The maximum atomic E-state index is 8.71. The van der Waals surface area contributed by atoms with Crippen LogP contribution in [0, 0.1) is 0 Å².